The van der Waals surface area contributed by atoms with E-state index < -0.39 is 15.4 Å². The summed E-state index contributed by atoms with van der Waals surface area (Å²) in [7, 11) is -3.95. The minimum atomic E-state index is -3.95. The monoisotopic (exact) mass is 512 g/mol. The van der Waals surface area contributed by atoms with E-state index in [1.807, 2.05) is 42.5 Å². The minimum absolute atomic E-state index is 0. The van der Waals surface area contributed by atoms with Gasteiger partial charge in [-0.1, -0.05) is 66.7 Å². The molecule has 3 aromatic rings. The van der Waals surface area contributed by atoms with Crippen LogP contribution in [0.2, 0.25) is 0 Å². The van der Waals surface area contributed by atoms with Crippen molar-refractivity contribution in [3.05, 3.63) is 101 Å². The summed E-state index contributed by atoms with van der Waals surface area (Å²) in [6, 6.07) is 23.1. The molecular weight excluding hydrogens is 484 g/mol. The molecule has 4 rings (SSSR count). The average molecular weight is 513 g/mol. The molecule has 0 saturated heterocycles. The summed E-state index contributed by atoms with van der Waals surface area (Å²) in [6.45, 7) is 0. The second-order valence-corrected chi connectivity index (χ2v) is 10.3. The fraction of sp³-hybridized carbons (Fsp3) is 0.231. The third kappa shape index (κ3) is 6.28. The first kappa shape index (κ1) is 26.4. The highest BCUT2D eigenvalue weighted by Gasteiger charge is 2.37. The maximum absolute atomic E-state index is 13.3. The van der Waals surface area contributed by atoms with E-state index >= 15 is 0 Å². The lowest BCUT2D eigenvalue weighted by Crippen LogP contribution is -2.50. The van der Waals surface area contributed by atoms with E-state index in [0.29, 0.717) is 24.1 Å². The summed E-state index contributed by atoms with van der Waals surface area (Å²) in [5.41, 5.74) is 10.9. The summed E-state index contributed by atoms with van der Waals surface area (Å²) in [5, 5.41) is 11.9. The van der Waals surface area contributed by atoms with Gasteiger partial charge in [0.05, 0.1) is 0 Å². The summed E-state index contributed by atoms with van der Waals surface area (Å²) in [4.78, 5) is 14.7. The van der Waals surface area contributed by atoms with E-state index in [2.05, 4.69) is 18.2 Å². The Morgan fingerprint density at radius 2 is 1.63 bits per heavy atom. The highest BCUT2D eigenvalue weighted by Crippen LogP contribution is 2.34. The molecule has 5 N–H and O–H groups in total. The first-order valence-corrected chi connectivity index (χ1v) is 12.8. The summed E-state index contributed by atoms with van der Waals surface area (Å²) >= 11 is 0. The molecule has 0 spiro atoms. The van der Waals surface area contributed by atoms with Crippen LogP contribution in [0.25, 0.3) is 0 Å². The zero-order valence-corrected chi connectivity index (χ0v) is 20.8. The van der Waals surface area contributed by atoms with Crippen molar-refractivity contribution in [2.45, 2.75) is 37.5 Å². The van der Waals surface area contributed by atoms with Gasteiger partial charge in [-0.3, -0.25) is 15.1 Å². The van der Waals surface area contributed by atoms with Crippen molar-refractivity contribution in [2.75, 3.05) is 4.90 Å². The first-order valence-electron chi connectivity index (χ1n) is 11.1. The number of sulfonamides is 1. The number of hydrogen-bond acceptors (Lipinski definition) is 4. The topological polar surface area (TPSA) is 130 Å². The maximum atomic E-state index is 13.3. The predicted molar refractivity (Wildman–Crippen MR) is 141 cm³/mol. The molecular formula is C26H29ClN4O3S. The van der Waals surface area contributed by atoms with Crippen LogP contribution < -0.4 is 15.8 Å². The molecule has 184 valence electrons. The lowest BCUT2D eigenvalue weighted by atomic mass is 9.95. The van der Waals surface area contributed by atoms with Crippen LogP contribution in [-0.4, -0.2) is 25.5 Å². The van der Waals surface area contributed by atoms with Crippen LogP contribution in [0.3, 0.4) is 0 Å². The number of nitrogens with two attached hydrogens (primary N) is 2. The highest BCUT2D eigenvalue weighted by molar-refractivity contribution is 7.89. The molecule has 3 aromatic carbocycles. The quantitative estimate of drug-likeness (QED) is 0.330. The molecule has 1 aliphatic heterocycles. The van der Waals surface area contributed by atoms with Gasteiger partial charge in [0, 0.05) is 17.7 Å². The maximum Gasteiger partial charge on any atom is 0.230 e. The van der Waals surface area contributed by atoms with Gasteiger partial charge in [-0.05, 0) is 54.0 Å². The molecule has 1 atom stereocenters. The summed E-state index contributed by atoms with van der Waals surface area (Å²) < 4.78 is 24.7. The molecule has 7 nitrogen and oxygen atoms in total. The molecule has 0 bridgehead atoms. The lowest BCUT2D eigenvalue weighted by Gasteiger charge is -2.36. The second kappa shape index (κ2) is 11.0. The van der Waals surface area contributed by atoms with Gasteiger partial charge in [0.25, 0.3) is 0 Å². The van der Waals surface area contributed by atoms with Gasteiger partial charge in [-0.25, -0.2) is 13.6 Å². The number of aryl methyl sites for hydroxylation is 2. The molecule has 0 saturated carbocycles. The smallest absolute Gasteiger partial charge is 0.230 e. The van der Waals surface area contributed by atoms with Crippen LogP contribution in [0.15, 0.2) is 72.8 Å². The van der Waals surface area contributed by atoms with Crippen LogP contribution in [0.4, 0.5) is 5.69 Å². The number of carbonyl (C=O) groups is 1. The Bertz CT molecular complexity index is 1310. The van der Waals surface area contributed by atoms with Crippen molar-refractivity contribution >= 4 is 39.9 Å². The van der Waals surface area contributed by atoms with E-state index in [1.165, 1.54) is 10.5 Å². The minimum Gasteiger partial charge on any atom is -0.384 e. The number of rotatable bonds is 7. The number of primary sulfonamides is 1. The molecule has 0 aromatic heterocycles. The fourth-order valence-electron chi connectivity index (χ4n) is 4.41. The summed E-state index contributed by atoms with van der Waals surface area (Å²) in [6.07, 6.45) is 2.13. The number of hydrogen-bond donors (Lipinski definition) is 3. The number of halogens is 1. The Hall–Kier alpha value is -3.20. The largest absolute Gasteiger partial charge is 0.384 e. The van der Waals surface area contributed by atoms with E-state index in [1.54, 1.807) is 12.1 Å². The van der Waals surface area contributed by atoms with Gasteiger partial charge >= 0.3 is 0 Å². The van der Waals surface area contributed by atoms with E-state index in [-0.39, 0.29) is 37.0 Å². The van der Waals surface area contributed by atoms with Gasteiger partial charge in [-0.15, -0.1) is 12.4 Å². The number of nitrogen functional groups attached to an aromatic ring is 1. The molecule has 9 heteroatoms. The third-order valence-corrected chi connectivity index (χ3v) is 7.35. The fourth-order valence-corrected chi connectivity index (χ4v) is 5.38. The standard InChI is InChI=1S/C26H28N4O3S.ClH/c27-26(28)21-10-6-18(7-11-21)9-14-24(31)30-23-13-8-20(16-19-4-2-1-3-5-19)17-22(23)12-15-25(30)34(29,32)33;/h1-8,10-11,13,17,25H,9,12,14-16H2,(H3,27,28)(H2,29,32,33);1H. The zero-order valence-electron chi connectivity index (χ0n) is 19.2. The van der Waals surface area contributed by atoms with Gasteiger partial charge in [0.15, 0.2) is 5.37 Å². The normalized spacial score (nSPS) is 15.1. The number of fused-ring (bicyclic) bond motifs is 1. The Balaban J connectivity index is 0.00000342. The Labute approximate surface area is 212 Å². The van der Waals surface area contributed by atoms with Crippen LogP contribution in [0, 0.1) is 5.41 Å². The number of nitrogens with zero attached hydrogens (tertiary/aromatic N) is 1. The molecule has 1 heterocycles. The third-order valence-electron chi connectivity index (χ3n) is 6.14. The molecule has 0 aliphatic carbocycles. The highest BCUT2D eigenvalue weighted by atomic mass is 35.5. The molecule has 0 fully saturated rings. The van der Waals surface area contributed by atoms with Crippen LogP contribution in [0.5, 0.6) is 0 Å². The Kier molecular flexibility index (Phi) is 8.32. The Morgan fingerprint density at radius 3 is 2.26 bits per heavy atom. The van der Waals surface area contributed by atoms with Crippen LogP contribution in [-0.2, 0) is 34.1 Å². The number of nitrogens with one attached hydrogen (secondary N) is 1. The summed E-state index contributed by atoms with van der Waals surface area (Å²) in [5.74, 6) is -0.304. The molecule has 1 amide bonds. The SMILES string of the molecule is Cl.N=C(N)c1ccc(CCC(=O)N2c3ccc(Cc4ccccc4)cc3CCC2S(N)(=O)=O)cc1. The Morgan fingerprint density at radius 1 is 0.971 bits per heavy atom. The van der Waals surface area contributed by atoms with Crippen LogP contribution in [0.1, 0.15) is 40.7 Å². The van der Waals surface area contributed by atoms with E-state index in [9.17, 15) is 13.2 Å². The number of anilines is 1. The predicted octanol–water partition coefficient (Wildman–Crippen LogP) is 3.51. The number of carbonyl (C=O) groups excluding carboxylic acids is 1. The first-order chi connectivity index (χ1) is 16.2. The van der Waals surface area contributed by atoms with E-state index in [4.69, 9.17) is 16.3 Å². The van der Waals surface area contributed by atoms with Crippen molar-refractivity contribution in [1.82, 2.24) is 0 Å². The number of benzene rings is 3. The second-order valence-electron chi connectivity index (χ2n) is 8.58. The number of amides is 1. The van der Waals surface area contributed by atoms with Crippen LogP contribution >= 0.6 is 12.4 Å². The van der Waals surface area contributed by atoms with Gasteiger partial charge in [-0.2, -0.15) is 0 Å². The van der Waals surface area contributed by atoms with Crippen molar-refractivity contribution in [3.8, 4) is 0 Å². The van der Waals surface area contributed by atoms with Gasteiger partial charge < -0.3 is 5.73 Å². The van der Waals surface area contributed by atoms with Crippen molar-refractivity contribution in [3.63, 3.8) is 0 Å². The van der Waals surface area contributed by atoms with Gasteiger partial charge in [0.1, 0.15) is 5.84 Å². The molecule has 35 heavy (non-hydrogen) atoms. The molecule has 0 radical (unpaired) electrons. The molecule has 1 unspecified atom stereocenters. The van der Waals surface area contributed by atoms with Crippen molar-refractivity contribution in [2.24, 2.45) is 10.9 Å². The van der Waals surface area contributed by atoms with E-state index in [0.717, 1.165) is 23.1 Å². The zero-order chi connectivity index (χ0) is 24.3. The van der Waals surface area contributed by atoms with Crippen molar-refractivity contribution < 1.29 is 13.2 Å². The molecule has 1 aliphatic rings. The van der Waals surface area contributed by atoms with Gasteiger partial charge in [0.2, 0.25) is 15.9 Å². The average Bonchev–Trinajstić information content (AvgIpc) is 2.82. The lowest BCUT2D eigenvalue weighted by molar-refractivity contribution is -0.118. The number of amidine groups is 1. The van der Waals surface area contributed by atoms with Crippen molar-refractivity contribution in [1.29, 1.82) is 5.41 Å².